The molecule has 3 N–H and O–H groups in total. The van der Waals surface area contributed by atoms with Crippen LogP contribution < -0.4 is 20.9 Å². The van der Waals surface area contributed by atoms with E-state index in [1.54, 1.807) is 53.2 Å². The first kappa shape index (κ1) is 23.3. The van der Waals surface area contributed by atoms with E-state index in [0.717, 1.165) is 11.1 Å². The summed E-state index contributed by atoms with van der Waals surface area (Å²) in [7, 11) is 0. The van der Waals surface area contributed by atoms with Crippen molar-refractivity contribution in [3.63, 3.8) is 0 Å². The van der Waals surface area contributed by atoms with E-state index in [2.05, 4.69) is 16.2 Å². The van der Waals surface area contributed by atoms with Gasteiger partial charge in [-0.3, -0.25) is 25.2 Å². The topological polar surface area (TPSA) is 96.5 Å². The molecule has 1 aromatic heterocycles. The van der Waals surface area contributed by atoms with Crippen molar-refractivity contribution in [1.82, 2.24) is 16.2 Å². The Hall–Kier alpha value is -3.36. The molecule has 0 unspecified atom stereocenters. The average molecular weight is 472 g/mol. The van der Waals surface area contributed by atoms with Gasteiger partial charge in [0, 0.05) is 34.5 Å². The third kappa shape index (κ3) is 6.83. The van der Waals surface area contributed by atoms with Crippen LogP contribution in [0.25, 0.3) is 0 Å². The van der Waals surface area contributed by atoms with Crippen molar-refractivity contribution in [3.05, 3.63) is 86.6 Å². The van der Waals surface area contributed by atoms with Crippen LogP contribution in [-0.2, 0) is 11.4 Å². The SMILES string of the molecule is Cc1cc(OCc2ccc(C(=O)NNC(=O)CCNC(=O)c3ccsc3)cc2)ccc1Cl. The summed E-state index contributed by atoms with van der Waals surface area (Å²) in [6.45, 7) is 2.41. The number of carbonyl (C=O) groups is 3. The Balaban J connectivity index is 1.38. The molecule has 0 saturated heterocycles. The van der Waals surface area contributed by atoms with Crippen LogP contribution in [0.15, 0.2) is 59.3 Å². The molecule has 7 nitrogen and oxygen atoms in total. The lowest BCUT2D eigenvalue weighted by Crippen LogP contribution is -2.42. The predicted octanol–water partition coefficient (Wildman–Crippen LogP) is 3.87. The van der Waals surface area contributed by atoms with E-state index in [4.69, 9.17) is 16.3 Å². The van der Waals surface area contributed by atoms with Gasteiger partial charge >= 0.3 is 0 Å². The lowest BCUT2D eigenvalue weighted by molar-refractivity contribution is -0.121. The van der Waals surface area contributed by atoms with Crippen molar-refractivity contribution < 1.29 is 19.1 Å². The van der Waals surface area contributed by atoms with Crippen molar-refractivity contribution in [3.8, 4) is 5.75 Å². The molecule has 0 aliphatic carbocycles. The molecular weight excluding hydrogens is 450 g/mol. The standard InChI is InChI=1S/C23H22ClN3O4S/c1-15-12-19(6-7-20(15)24)31-13-16-2-4-17(5-3-16)23(30)27-26-21(28)8-10-25-22(29)18-9-11-32-14-18/h2-7,9,11-12,14H,8,10,13H2,1H3,(H,25,29)(H,26,28)(H,27,30). The number of benzene rings is 2. The Labute approximate surface area is 194 Å². The number of nitrogens with one attached hydrogen (secondary N) is 3. The Morgan fingerprint density at radius 1 is 0.969 bits per heavy atom. The fraction of sp³-hybridized carbons (Fsp3) is 0.174. The van der Waals surface area contributed by atoms with Crippen molar-refractivity contribution in [1.29, 1.82) is 0 Å². The number of ether oxygens (including phenoxy) is 1. The highest BCUT2D eigenvalue weighted by Crippen LogP contribution is 2.21. The number of amides is 3. The summed E-state index contributed by atoms with van der Waals surface area (Å²) in [5, 5.41) is 6.86. The van der Waals surface area contributed by atoms with Crippen LogP contribution in [0.1, 0.15) is 38.3 Å². The quantitative estimate of drug-likeness (QED) is 0.434. The molecule has 0 atom stereocenters. The molecule has 0 spiro atoms. The molecule has 0 bridgehead atoms. The van der Waals surface area contributed by atoms with Gasteiger partial charge in [-0.05, 0) is 59.8 Å². The fourth-order valence-corrected chi connectivity index (χ4v) is 3.43. The zero-order chi connectivity index (χ0) is 22.9. The number of hydrogen-bond acceptors (Lipinski definition) is 5. The van der Waals surface area contributed by atoms with E-state index < -0.39 is 11.8 Å². The molecular formula is C23H22ClN3O4S. The van der Waals surface area contributed by atoms with Gasteiger partial charge < -0.3 is 10.1 Å². The largest absolute Gasteiger partial charge is 0.489 e. The van der Waals surface area contributed by atoms with Gasteiger partial charge in [0.25, 0.3) is 11.8 Å². The molecule has 32 heavy (non-hydrogen) atoms. The third-order valence-electron chi connectivity index (χ3n) is 4.49. The van der Waals surface area contributed by atoms with Crippen molar-refractivity contribution >= 4 is 40.7 Å². The maximum absolute atomic E-state index is 12.2. The summed E-state index contributed by atoms with van der Waals surface area (Å²) >= 11 is 7.43. The molecule has 2 aromatic carbocycles. The van der Waals surface area contributed by atoms with Gasteiger partial charge in [-0.1, -0.05) is 23.7 Å². The smallest absolute Gasteiger partial charge is 0.269 e. The lowest BCUT2D eigenvalue weighted by Gasteiger charge is -2.10. The van der Waals surface area contributed by atoms with Gasteiger partial charge in [0.05, 0.1) is 0 Å². The van der Waals surface area contributed by atoms with Crippen LogP contribution in [0.4, 0.5) is 0 Å². The zero-order valence-corrected chi connectivity index (χ0v) is 18.9. The second kappa shape index (κ2) is 11.3. The first-order chi connectivity index (χ1) is 15.4. The molecule has 9 heteroatoms. The van der Waals surface area contributed by atoms with E-state index in [1.807, 2.05) is 13.0 Å². The highest BCUT2D eigenvalue weighted by Gasteiger charge is 2.09. The first-order valence-corrected chi connectivity index (χ1v) is 11.1. The third-order valence-corrected chi connectivity index (χ3v) is 5.59. The van der Waals surface area contributed by atoms with E-state index in [1.165, 1.54) is 11.3 Å². The van der Waals surface area contributed by atoms with E-state index >= 15 is 0 Å². The maximum atomic E-state index is 12.2. The predicted molar refractivity (Wildman–Crippen MR) is 124 cm³/mol. The van der Waals surface area contributed by atoms with Gasteiger partial charge in [0.1, 0.15) is 12.4 Å². The number of halogens is 1. The van der Waals surface area contributed by atoms with E-state index in [-0.39, 0.29) is 18.9 Å². The summed E-state index contributed by atoms with van der Waals surface area (Å²) < 4.78 is 5.74. The highest BCUT2D eigenvalue weighted by atomic mass is 35.5. The summed E-state index contributed by atoms with van der Waals surface area (Å²) in [4.78, 5) is 35.9. The summed E-state index contributed by atoms with van der Waals surface area (Å²) in [5.41, 5.74) is 7.47. The lowest BCUT2D eigenvalue weighted by atomic mass is 10.1. The van der Waals surface area contributed by atoms with Crippen molar-refractivity contribution in [2.24, 2.45) is 0 Å². The van der Waals surface area contributed by atoms with Crippen LogP contribution in [0.5, 0.6) is 5.75 Å². The van der Waals surface area contributed by atoms with Crippen LogP contribution in [0, 0.1) is 6.92 Å². The Morgan fingerprint density at radius 3 is 2.44 bits per heavy atom. The zero-order valence-electron chi connectivity index (χ0n) is 17.3. The molecule has 3 aromatic rings. The second-order valence-electron chi connectivity index (χ2n) is 6.92. The summed E-state index contributed by atoms with van der Waals surface area (Å²) in [6, 6.07) is 14.0. The first-order valence-electron chi connectivity index (χ1n) is 9.80. The second-order valence-corrected chi connectivity index (χ2v) is 8.10. The molecule has 0 saturated carbocycles. The van der Waals surface area contributed by atoms with Gasteiger partial charge in [0.2, 0.25) is 5.91 Å². The van der Waals surface area contributed by atoms with Crippen LogP contribution in [0.2, 0.25) is 5.02 Å². The fourth-order valence-electron chi connectivity index (χ4n) is 2.67. The number of aryl methyl sites for hydroxylation is 1. The van der Waals surface area contributed by atoms with E-state index in [9.17, 15) is 14.4 Å². The van der Waals surface area contributed by atoms with Gasteiger partial charge in [-0.15, -0.1) is 0 Å². The van der Waals surface area contributed by atoms with Gasteiger partial charge in [-0.25, -0.2) is 0 Å². The average Bonchev–Trinajstić information content (AvgIpc) is 3.34. The molecule has 0 fully saturated rings. The molecule has 0 radical (unpaired) electrons. The molecule has 166 valence electrons. The van der Waals surface area contributed by atoms with Gasteiger partial charge in [0.15, 0.2) is 0 Å². The van der Waals surface area contributed by atoms with Crippen LogP contribution in [0.3, 0.4) is 0 Å². The normalized spacial score (nSPS) is 10.3. The molecule has 0 aliphatic rings. The molecule has 3 amide bonds. The minimum absolute atomic E-state index is 0.0383. The Bertz CT molecular complexity index is 1090. The Kier molecular flexibility index (Phi) is 8.24. The molecule has 3 rings (SSSR count). The maximum Gasteiger partial charge on any atom is 0.269 e. The summed E-state index contributed by atoms with van der Waals surface area (Å²) in [5.74, 6) is -0.380. The monoisotopic (exact) mass is 471 g/mol. The van der Waals surface area contributed by atoms with E-state index in [0.29, 0.717) is 28.5 Å². The highest BCUT2D eigenvalue weighted by molar-refractivity contribution is 7.08. The molecule has 1 heterocycles. The minimum atomic E-state index is -0.443. The Morgan fingerprint density at radius 2 is 1.75 bits per heavy atom. The van der Waals surface area contributed by atoms with Crippen molar-refractivity contribution in [2.45, 2.75) is 20.0 Å². The van der Waals surface area contributed by atoms with Gasteiger partial charge in [-0.2, -0.15) is 11.3 Å². The number of hydrazine groups is 1. The summed E-state index contributed by atoms with van der Waals surface area (Å²) in [6.07, 6.45) is 0.0383. The number of rotatable bonds is 8. The van der Waals surface area contributed by atoms with Crippen LogP contribution in [-0.4, -0.2) is 24.3 Å². The number of carbonyl (C=O) groups excluding carboxylic acids is 3. The number of hydrogen-bond donors (Lipinski definition) is 3. The van der Waals surface area contributed by atoms with Crippen molar-refractivity contribution in [2.75, 3.05) is 6.54 Å². The minimum Gasteiger partial charge on any atom is -0.489 e. The number of thiophene rings is 1. The molecule has 0 aliphatic heterocycles. The van der Waals surface area contributed by atoms with Crippen LogP contribution >= 0.6 is 22.9 Å².